The third-order valence-corrected chi connectivity index (χ3v) is 2.56. The number of hydrogen-bond acceptors (Lipinski definition) is 3. The van der Waals surface area contributed by atoms with Gasteiger partial charge in [-0.2, -0.15) is 0 Å². The van der Waals surface area contributed by atoms with Gasteiger partial charge in [0.2, 0.25) is 0 Å². The molecule has 0 aliphatic heterocycles. The molecule has 0 spiro atoms. The number of benzene rings is 1. The van der Waals surface area contributed by atoms with Crippen LogP contribution in [0.4, 0.5) is 0 Å². The van der Waals surface area contributed by atoms with Crippen LogP contribution in [0, 0.1) is 6.92 Å². The number of nitrogens with zero attached hydrogens (tertiary/aromatic N) is 1. The Morgan fingerprint density at radius 1 is 1.35 bits per heavy atom. The number of nitrogens with two attached hydrogens (primary N) is 1. The van der Waals surface area contributed by atoms with E-state index in [4.69, 9.17) is 10.5 Å². The van der Waals surface area contributed by atoms with Crippen LogP contribution in [-0.2, 0) is 4.74 Å². The van der Waals surface area contributed by atoms with E-state index in [2.05, 4.69) is 0 Å². The third kappa shape index (κ3) is 4.17. The number of aryl methyl sites for hydroxylation is 1. The van der Waals surface area contributed by atoms with E-state index < -0.39 is 0 Å². The molecule has 0 radical (unpaired) electrons. The van der Waals surface area contributed by atoms with Crippen molar-refractivity contribution < 1.29 is 9.53 Å². The van der Waals surface area contributed by atoms with E-state index >= 15 is 0 Å². The molecule has 0 aromatic heterocycles. The SMILES string of the molecule is Cc1ccccc1C(=O)N(C)CCOCCN. The summed E-state index contributed by atoms with van der Waals surface area (Å²) in [5.41, 5.74) is 7.05. The lowest BCUT2D eigenvalue weighted by Crippen LogP contribution is -2.31. The Bertz CT molecular complexity index is 366. The van der Waals surface area contributed by atoms with E-state index in [9.17, 15) is 4.79 Å². The normalized spacial score (nSPS) is 10.3. The average Bonchev–Trinajstić information content (AvgIpc) is 2.34. The number of hydrogen-bond donors (Lipinski definition) is 1. The number of likely N-dealkylation sites (N-methyl/N-ethyl adjacent to an activating group) is 1. The molecule has 94 valence electrons. The second-order valence-corrected chi connectivity index (χ2v) is 3.94. The Labute approximate surface area is 102 Å². The smallest absolute Gasteiger partial charge is 0.253 e. The Kier molecular flexibility index (Phi) is 5.66. The molecule has 0 saturated carbocycles. The summed E-state index contributed by atoms with van der Waals surface area (Å²) in [5, 5.41) is 0. The topological polar surface area (TPSA) is 55.6 Å². The number of carbonyl (C=O) groups excluding carboxylic acids is 1. The molecule has 0 heterocycles. The van der Waals surface area contributed by atoms with Crippen molar-refractivity contribution in [1.82, 2.24) is 4.90 Å². The Balaban J connectivity index is 2.49. The van der Waals surface area contributed by atoms with E-state index in [0.717, 1.165) is 11.1 Å². The molecule has 0 saturated heterocycles. The highest BCUT2D eigenvalue weighted by Gasteiger charge is 2.12. The van der Waals surface area contributed by atoms with Crippen molar-refractivity contribution in [3.05, 3.63) is 35.4 Å². The van der Waals surface area contributed by atoms with Crippen molar-refractivity contribution >= 4 is 5.91 Å². The number of ether oxygens (including phenoxy) is 1. The van der Waals surface area contributed by atoms with Crippen LogP contribution in [0.2, 0.25) is 0 Å². The first-order valence-corrected chi connectivity index (χ1v) is 5.75. The van der Waals surface area contributed by atoms with Crippen molar-refractivity contribution in [2.24, 2.45) is 5.73 Å². The molecule has 1 aromatic rings. The van der Waals surface area contributed by atoms with Gasteiger partial charge < -0.3 is 15.4 Å². The first-order valence-electron chi connectivity index (χ1n) is 5.75. The van der Waals surface area contributed by atoms with Crippen LogP contribution in [0.5, 0.6) is 0 Å². The fraction of sp³-hybridized carbons (Fsp3) is 0.462. The highest BCUT2D eigenvalue weighted by molar-refractivity contribution is 5.95. The molecule has 0 bridgehead atoms. The Morgan fingerprint density at radius 2 is 2.06 bits per heavy atom. The standard InChI is InChI=1S/C13H20N2O2/c1-11-5-3-4-6-12(11)13(16)15(2)8-10-17-9-7-14/h3-6H,7-10,14H2,1-2H3. The molecular weight excluding hydrogens is 216 g/mol. The van der Waals surface area contributed by atoms with Gasteiger partial charge in [-0.1, -0.05) is 18.2 Å². The summed E-state index contributed by atoms with van der Waals surface area (Å²) in [5.74, 6) is 0.0273. The van der Waals surface area contributed by atoms with Crippen molar-refractivity contribution in [3.8, 4) is 0 Å². The summed E-state index contributed by atoms with van der Waals surface area (Å²) < 4.78 is 5.25. The van der Waals surface area contributed by atoms with Crippen molar-refractivity contribution in [3.63, 3.8) is 0 Å². The minimum absolute atomic E-state index is 0.0273. The number of amides is 1. The molecule has 1 amide bonds. The molecule has 2 N–H and O–H groups in total. The van der Waals surface area contributed by atoms with E-state index in [1.807, 2.05) is 31.2 Å². The number of rotatable bonds is 6. The summed E-state index contributed by atoms with van der Waals surface area (Å²) in [6, 6.07) is 7.58. The predicted molar refractivity (Wildman–Crippen MR) is 68.0 cm³/mol. The molecule has 1 aromatic carbocycles. The Hall–Kier alpha value is -1.39. The average molecular weight is 236 g/mol. The van der Waals surface area contributed by atoms with Gasteiger partial charge in [0, 0.05) is 25.7 Å². The van der Waals surface area contributed by atoms with Crippen LogP contribution in [0.1, 0.15) is 15.9 Å². The largest absolute Gasteiger partial charge is 0.378 e. The maximum Gasteiger partial charge on any atom is 0.253 e. The van der Waals surface area contributed by atoms with Crippen LogP contribution in [0.15, 0.2) is 24.3 Å². The molecule has 0 aliphatic rings. The molecule has 0 fully saturated rings. The molecular formula is C13H20N2O2. The zero-order valence-electron chi connectivity index (χ0n) is 10.5. The van der Waals surface area contributed by atoms with Crippen LogP contribution in [0.3, 0.4) is 0 Å². The van der Waals surface area contributed by atoms with Gasteiger partial charge in [-0.25, -0.2) is 0 Å². The predicted octanol–water partition coefficient (Wildman–Crippen LogP) is 1.04. The van der Waals surface area contributed by atoms with Gasteiger partial charge in [-0.15, -0.1) is 0 Å². The van der Waals surface area contributed by atoms with E-state index in [1.165, 1.54) is 0 Å². The van der Waals surface area contributed by atoms with Crippen LogP contribution < -0.4 is 5.73 Å². The van der Waals surface area contributed by atoms with E-state index in [-0.39, 0.29) is 5.91 Å². The van der Waals surface area contributed by atoms with Crippen LogP contribution in [-0.4, -0.2) is 44.2 Å². The van der Waals surface area contributed by atoms with Gasteiger partial charge in [0.25, 0.3) is 5.91 Å². The summed E-state index contributed by atoms with van der Waals surface area (Å²) in [6.07, 6.45) is 0. The molecule has 4 nitrogen and oxygen atoms in total. The fourth-order valence-corrected chi connectivity index (χ4v) is 1.51. The van der Waals surface area contributed by atoms with Gasteiger partial charge >= 0.3 is 0 Å². The lowest BCUT2D eigenvalue weighted by atomic mass is 10.1. The maximum atomic E-state index is 12.1. The maximum absolute atomic E-state index is 12.1. The molecule has 17 heavy (non-hydrogen) atoms. The highest BCUT2D eigenvalue weighted by Crippen LogP contribution is 2.09. The summed E-state index contributed by atoms with van der Waals surface area (Å²) in [4.78, 5) is 13.7. The molecule has 1 rings (SSSR count). The van der Waals surface area contributed by atoms with Gasteiger partial charge in [0.1, 0.15) is 0 Å². The van der Waals surface area contributed by atoms with Gasteiger partial charge in [-0.05, 0) is 18.6 Å². The highest BCUT2D eigenvalue weighted by atomic mass is 16.5. The van der Waals surface area contributed by atoms with Gasteiger partial charge in [0.15, 0.2) is 0 Å². The number of carbonyl (C=O) groups is 1. The third-order valence-electron chi connectivity index (χ3n) is 2.56. The van der Waals surface area contributed by atoms with E-state index in [1.54, 1.807) is 11.9 Å². The minimum Gasteiger partial charge on any atom is -0.378 e. The van der Waals surface area contributed by atoms with Crippen molar-refractivity contribution in [2.45, 2.75) is 6.92 Å². The fourth-order valence-electron chi connectivity index (χ4n) is 1.51. The van der Waals surface area contributed by atoms with Crippen LogP contribution >= 0.6 is 0 Å². The van der Waals surface area contributed by atoms with Crippen LogP contribution in [0.25, 0.3) is 0 Å². The zero-order valence-corrected chi connectivity index (χ0v) is 10.5. The second kappa shape index (κ2) is 7.04. The first kappa shape index (κ1) is 13.7. The quantitative estimate of drug-likeness (QED) is 0.751. The van der Waals surface area contributed by atoms with Gasteiger partial charge in [-0.3, -0.25) is 4.79 Å². The molecule has 0 atom stereocenters. The van der Waals surface area contributed by atoms with Gasteiger partial charge in [0.05, 0.1) is 13.2 Å². The lowest BCUT2D eigenvalue weighted by Gasteiger charge is -2.18. The lowest BCUT2D eigenvalue weighted by molar-refractivity contribution is 0.0703. The van der Waals surface area contributed by atoms with Crippen molar-refractivity contribution in [2.75, 3.05) is 33.4 Å². The second-order valence-electron chi connectivity index (χ2n) is 3.94. The minimum atomic E-state index is 0.0273. The molecule has 0 unspecified atom stereocenters. The molecule has 4 heteroatoms. The summed E-state index contributed by atoms with van der Waals surface area (Å²) >= 11 is 0. The van der Waals surface area contributed by atoms with E-state index in [0.29, 0.717) is 26.3 Å². The monoisotopic (exact) mass is 236 g/mol. The summed E-state index contributed by atoms with van der Waals surface area (Å²) in [7, 11) is 1.78. The summed E-state index contributed by atoms with van der Waals surface area (Å²) in [6.45, 7) is 4.08. The first-order chi connectivity index (χ1) is 8.16. The molecule has 0 aliphatic carbocycles. The Morgan fingerprint density at radius 3 is 2.71 bits per heavy atom. The zero-order chi connectivity index (χ0) is 12.7. The van der Waals surface area contributed by atoms with Crippen molar-refractivity contribution in [1.29, 1.82) is 0 Å².